The summed E-state index contributed by atoms with van der Waals surface area (Å²) < 4.78 is 0. The van der Waals surface area contributed by atoms with E-state index in [1.165, 1.54) is 0 Å². The normalized spacial score (nSPS) is 8.75. The van der Waals surface area contributed by atoms with Crippen LogP contribution in [0.2, 0.25) is 0 Å². The number of amides is 1. The summed E-state index contributed by atoms with van der Waals surface area (Å²) in [6.07, 6.45) is 0.537. The van der Waals surface area contributed by atoms with Gasteiger partial charge in [0.2, 0.25) is 5.91 Å². The van der Waals surface area contributed by atoms with E-state index in [2.05, 4.69) is 28.2 Å². The number of rotatable bonds is 3. The Morgan fingerprint density at radius 3 is 2.75 bits per heavy atom. The van der Waals surface area contributed by atoms with Crippen LogP contribution in [0.15, 0.2) is 0 Å². The van der Waals surface area contributed by atoms with Crippen molar-refractivity contribution in [3.63, 3.8) is 0 Å². The van der Waals surface area contributed by atoms with Crippen molar-refractivity contribution in [1.82, 2.24) is 5.32 Å². The third-order valence-electron chi connectivity index (χ3n) is 0.644. The van der Waals surface area contributed by atoms with E-state index in [4.69, 9.17) is 0 Å². The molecule has 1 radical (unpaired) electrons. The lowest BCUT2D eigenvalue weighted by Gasteiger charge is -1.95. The topological polar surface area (TPSA) is 29.1 Å². The van der Waals surface area contributed by atoms with E-state index in [-0.39, 0.29) is 5.91 Å². The molecule has 1 N–H and O–H groups in total. The molecular formula is C5H9BrNO. The molecule has 0 fully saturated rings. The van der Waals surface area contributed by atoms with Gasteiger partial charge in [-0.3, -0.25) is 4.79 Å². The lowest BCUT2D eigenvalue weighted by Crippen LogP contribution is -2.22. The molecule has 1 amide bonds. The van der Waals surface area contributed by atoms with E-state index in [0.717, 1.165) is 5.33 Å². The molecule has 0 atom stereocenters. The predicted octanol–water partition coefficient (Wildman–Crippen LogP) is 0.722. The molecule has 0 aliphatic rings. The summed E-state index contributed by atoms with van der Waals surface area (Å²) in [6.45, 7) is 3.94. The minimum absolute atomic E-state index is 0.0527. The summed E-state index contributed by atoms with van der Waals surface area (Å²) in [5.41, 5.74) is 0. The quantitative estimate of drug-likeness (QED) is 0.635. The molecule has 0 aromatic carbocycles. The Labute approximate surface area is 57.8 Å². The Hall–Kier alpha value is -0.0500. The molecule has 0 heterocycles. The molecule has 0 saturated carbocycles. The zero-order chi connectivity index (χ0) is 6.41. The van der Waals surface area contributed by atoms with Crippen LogP contribution in [0.1, 0.15) is 6.42 Å². The molecule has 0 rings (SSSR count). The van der Waals surface area contributed by atoms with Gasteiger partial charge in [-0.2, -0.15) is 0 Å². The Morgan fingerprint density at radius 2 is 2.38 bits per heavy atom. The number of alkyl halides is 1. The summed E-state index contributed by atoms with van der Waals surface area (Å²) in [6, 6.07) is 0. The molecule has 0 aliphatic heterocycles. The molecule has 2 nitrogen and oxygen atoms in total. The number of hydrogen-bond acceptors (Lipinski definition) is 1. The fourth-order valence-electron chi connectivity index (χ4n) is 0.314. The molecule has 8 heavy (non-hydrogen) atoms. The third kappa shape index (κ3) is 4.12. The minimum atomic E-state index is 0.0527. The molecule has 3 heteroatoms. The van der Waals surface area contributed by atoms with Crippen molar-refractivity contribution in [2.24, 2.45) is 0 Å². The molecule has 0 aromatic heterocycles. The van der Waals surface area contributed by atoms with E-state index in [0.29, 0.717) is 13.0 Å². The van der Waals surface area contributed by atoms with Crippen LogP contribution in [0.3, 0.4) is 0 Å². The van der Waals surface area contributed by atoms with Gasteiger partial charge >= 0.3 is 0 Å². The second-order valence-electron chi connectivity index (χ2n) is 1.29. The van der Waals surface area contributed by atoms with Gasteiger partial charge in [0.25, 0.3) is 0 Å². The third-order valence-corrected chi connectivity index (χ3v) is 1.04. The Kier molecular flexibility index (Phi) is 5.06. The van der Waals surface area contributed by atoms with Crippen molar-refractivity contribution >= 4 is 21.8 Å². The maximum atomic E-state index is 10.5. The van der Waals surface area contributed by atoms with E-state index in [1.54, 1.807) is 0 Å². The standard InChI is InChI=1S/C5H9BrNO/c1-2-7-5(8)3-4-6/h1-4H2,(H,7,8). The second-order valence-corrected chi connectivity index (χ2v) is 2.08. The summed E-state index contributed by atoms with van der Waals surface area (Å²) in [4.78, 5) is 10.5. The maximum absolute atomic E-state index is 10.5. The van der Waals surface area contributed by atoms with E-state index < -0.39 is 0 Å². The van der Waals surface area contributed by atoms with Crippen molar-refractivity contribution in [2.75, 3.05) is 11.9 Å². The Balaban J connectivity index is 3.06. The van der Waals surface area contributed by atoms with Crippen LogP contribution in [-0.4, -0.2) is 17.8 Å². The lowest BCUT2D eigenvalue weighted by atomic mass is 10.4. The van der Waals surface area contributed by atoms with E-state index in [1.807, 2.05) is 0 Å². The van der Waals surface area contributed by atoms with Crippen LogP contribution in [0.4, 0.5) is 0 Å². The fourth-order valence-corrected chi connectivity index (χ4v) is 0.674. The van der Waals surface area contributed by atoms with Gasteiger partial charge in [-0.15, -0.1) is 0 Å². The monoisotopic (exact) mass is 178 g/mol. The fraction of sp³-hybridized carbons (Fsp3) is 0.600. The van der Waals surface area contributed by atoms with Crippen molar-refractivity contribution in [1.29, 1.82) is 0 Å². The highest BCUT2D eigenvalue weighted by atomic mass is 79.9. The van der Waals surface area contributed by atoms with Crippen molar-refractivity contribution < 1.29 is 4.79 Å². The average Bonchev–Trinajstić information content (AvgIpc) is 1.68. The first-order chi connectivity index (χ1) is 3.81. The number of halogens is 1. The summed E-state index contributed by atoms with van der Waals surface area (Å²) >= 11 is 3.14. The summed E-state index contributed by atoms with van der Waals surface area (Å²) in [7, 11) is 0. The summed E-state index contributed by atoms with van der Waals surface area (Å²) in [5, 5.41) is 3.29. The highest BCUT2D eigenvalue weighted by Crippen LogP contribution is 1.85. The number of nitrogens with one attached hydrogen (secondary N) is 1. The largest absolute Gasteiger partial charge is 0.356 e. The number of carbonyl (C=O) groups is 1. The summed E-state index contributed by atoms with van der Waals surface area (Å²) in [5.74, 6) is 0.0527. The second kappa shape index (κ2) is 5.09. The van der Waals surface area contributed by atoms with Crippen LogP contribution in [0, 0.1) is 6.92 Å². The minimum Gasteiger partial charge on any atom is -0.356 e. The Morgan fingerprint density at radius 1 is 1.75 bits per heavy atom. The van der Waals surface area contributed by atoms with Gasteiger partial charge in [0.05, 0.1) is 0 Å². The first-order valence-corrected chi connectivity index (χ1v) is 3.55. The zero-order valence-corrected chi connectivity index (χ0v) is 6.20. The average molecular weight is 179 g/mol. The van der Waals surface area contributed by atoms with Gasteiger partial charge in [0.15, 0.2) is 0 Å². The van der Waals surface area contributed by atoms with Gasteiger partial charge in [-0.05, 0) is 6.92 Å². The SMILES string of the molecule is [CH2]CNC(=O)CCBr. The predicted molar refractivity (Wildman–Crippen MR) is 36.8 cm³/mol. The molecular weight excluding hydrogens is 170 g/mol. The van der Waals surface area contributed by atoms with Crippen LogP contribution in [-0.2, 0) is 4.79 Å². The smallest absolute Gasteiger partial charge is 0.220 e. The van der Waals surface area contributed by atoms with Gasteiger partial charge in [0.1, 0.15) is 0 Å². The van der Waals surface area contributed by atoms with Gasteiger partial charge in [-0.1, -0.05) is 15.9 Å². The van der Waals surface area contributed by atoms with Crippen molar-refractivity contribution in [3.8, 4) is 0 Å². The molecule has 47 valence electrons. The van der Waals surface area contributed by atoms with Crippen molar-refractivity contribution in [2.45, 2.75) is 6.42 Å². The molecule has 0 aliphatic carbocycles. The molecule has 0 spiro atoms. The van der Waals surface area contributed by atoms with Gasteiger partial charge in [-0.25, -0.2) is 0 Å². The molecule has 0 bridgehead atoms. The maximum Gasteiger partial charge on any atom is 0.220 e. The first-order valence-electron chi connectivity index (χ1n) is 2.43. The van der Waals surface area contributed by atoms with Gasteiger partial charge < -0.3 is 5.32 Å². The molecule has 0 aromatic rings. The molecule has 0 saturated heterocycles. The van der Waals surface area contributed by atoms with E-state index >= 15 is 0 Å². The van der Waals surface area contributed by atoms with Crippen molar-refractivity contribution in [3.05, 3.63) is 6.92 Å². The van der Waals surface area contributed by atoms with Crippen LogP contribution in [0.25, 0.3) is 0 Å². The van der Waals surface area contributed by atoms with E-state index in [9.17, 15) is 4.79 Å². The van der Waals surface area contributed by atoms with Crippen LogP contribution < -0.4 is 5.32 Å². The van der Waals surface area contributed by atoms with Gasteiger partial charge in [0, 0.05) is 18.3 Å². The molecule has 0 unspecified atom stereocenters. The Bertz CT molecular complexity index is 66.8. The first kappa shape index (κ1) is 7.95. The highest BCUT2D eigenvalue weighted by molar-refractivity contribution is 9.09. The lowest BCUT2D eigenvalue weighted by molar-refractivity contribution is -0.120. The van der Waals surface area contributed by atoms with Crippen LogP contribution >= 0.6 is 15.9 Å². The number of hydrogen-bond donors (Lipinski definition) is 1. The number of carbonyl (C=O) groups excluding carboxylic acids is 1. The zero-order valence-electron chi connectivity index (χ0n) is 4.61. The highest BCUT2D eigenvalue weighted by Gasteiger charge is 1.93. The van der Waals surface area contributed by atoms with Crippen LogP contribution in [0.5, 0.6) is 0 Å².